The SMILES string of the molecule is CC1COC(C)(C)O[C@@H]1[C@H](O)CCc1cc(F)ccc1O. The number of hydrogen-bond acceptors (Lipinski definition) is 4. The third-order valence-corrected chi connectivity index (χ3v) is 3.80. The van der Waals surface area contributed by atoms with Crippen LogP contribution in [0.5, 0.6) is 5.75 Å². The van der Waals surface area contributed by atoms with Gasteiger partial charge in [0.25, 0.3) is 0 Å². The topological polar surface area (TPSA) is 58.9 Å². The number of aliphatic hydroxyl groups excluding tert-OH is 1. The van der Waals surface area contributed by atoms with E-state index in [1.165, 1.54) is 18.2 Å². The first-order chi connectivity index (χ1) is 9.78. The fourth-order valence-electron chi connectivity index (χ4n) is 2.58. The molecule has 118 valence electrons. The molecular weight excluding hydrogens is 275 g/mol. The standard InChI is InChI=1S/C16H23FO4/c1-10-9-20-16(2,3)21-15(10)14(19)6-4-11-8-12(17)5-7-13(11)18/h5,7-8,10,14-15,18-19H,4,6,9H2,1-3H3/t10?,14-,15+/m1/s1. The molecule has 1 heterocycles. The Kier molecular flexibility index (Phi) is 4.86. The Morgan fingerprint density at radius 1 is 1.43 bits per heavy atom. The lowest BCUT2D eigenvalue weighted by molar-refractivity contribution is -0.306. The van der Waals surface area contributed by atoms with Gasteiger partial charge in [0.05, 0.1) is 18.8 Å². The Morgan fingerprint density at radius 3 is 2.86 bits per heavy atom. The quantitative estimate of drug-likeness (QED) is 0.897. The summed E-state index contributed by atoms with van der Waals surface area (Å²) in [4.78, 5) is 0. The molecule has 0 radical (unpaired) electrons. The molecule has 0 aromatic heterocycles. The van der Waals surface area contributed by atoms with Gasteiger partial charge in [-0.05, 0) is 50.5 Å². The lowest BCUT2D eigenvalue weighted by Gasteiger charge is -2.41. The first kappa shape index (κ1) is 16.2. The number of benzene rings is 1. The monoisotopic (exact) mass is 298 g/mol. The zero-order valence-electron chi connectivity index (χ0n) is 12.7. The van der Waals surface area contributed by atoms with E-state index in [1.807, 2.05) is 20.8 Å². The Morgan fingerprint density at radius 2 is 2.14 bits per heavy atom. The Labute approximate surface area is 124 Å². The highest BCUT2D eigenvalue weighted by atomic mass is 19.1. The van der Waals surface area contributed by atoms with Gasteiger partial charge >= 0.3 is 0 Å². The molecular formula is C16H23FO4. The number of phenols is 1. The van der Waals surface area contributed by atoms with Crippen molar-refractivity contribution in [3.63, 3.8) is 0 Å². The average molecular weight is 298 g/mol. The van der Waals surface area contributed by atoms with Crippen LogP contribution in [-0.4, -0.2) is 34.8 Å². The molecule has 1 unspecified atom stereocenters. The lowest BCUT2D eigenvalue weighted by Crippen LogP contribution is -2.49. The molecule has 5 heteroatoms. The van der Waals surface area contributed by atoms with Crippen LogP contribution in [0.2, 0.25) is 0 Å². The number of rotatable bonds is 4. The molecule has 3 atom stereocenters. The number of halogens is 1. The van der Waals surface area contributed by atoms with Crippen LogP contribution >= 0.6 is 0 Å². The minimum absolute atomic E-state index is 0.0462. The van der Waals surface area contributed by atoms with Gasteiger partial charge in [-0.3, -0.25) is 0 Å². The van der Waals surface area contributed by atoms with E-state index < -0.39 is 17.7 Å². The van der Waals surface area contributed by atoms with Crippen molar-refractivity contribution in [2.24, 2.45) is 5.92 Å². The van der Waals surface area contributed by atoms with Crippen molar-refractivity contribution in [1.82, 2.24) is 0 Å². The van der Waals surface area contributed by atoms with E-state index in [0.29, 0.717) is 25.0 Å². The van der Waals surface area contributed by atoms with Crippen LogP contribution in [0.4, 0.5) is 4.39 Å². The molecule has 1 aliphatic rings. The summed E-state index contributed by atoms with van der Waals surface area (Å²) in [7, 11) is 0. The molecule has 1 aromatic rings. The van der Waals surface area contributed by atoms with Gasteiger partial charge in [-0.15, -0.1) is 0 Å². The van der Waals surface area contributed by atoms with Crippen molar-refractivity contribution >= 4 is 0 Å². The second kappa shape index (κ2) is 6.30. The Balaban J connectivity index is 1.97. The molecule has 21 heavy (non-hydrogen) atoms. The van der Waals surface area contributed by atoms with Gasteiger partial charge in [0.15, 0.2) is 5.79 Å². The highest BCUT2D eigenvalue weighted by Crippen LogP contribution is 2.29. The van der Waals surface area contributed by atoms with Crippen LogP contribution in [0.3, 0.4) is 0 Å². The maximum atomic E-state index is 13.2. The van der Waals surface area contributed by atoms with Crippen molar-refractivity contribution in [2.75, 3.05) is 6.61 Å². The number of hydrogen-bond donors (Lipinski definition) is 2. The number of phenolic OH excluding ortho intramolecular Hbond substituents is 1. The fourth-order valence-corrected chi connectivity index (χ4v) is 2.58. The number of aromatic hydroxyl groups is 1. The molecule has 1 aliphatic heterocycles. The molecule has 0 amide bonds. The summed E-state index contributed by atoms with van der Waals surface area (Å²) in [6.45, 7) is 6.12. The molecule has 4 nitrogen and oxygen atoms in total. The van der Waals surface area contributed by atoms with E-state index in [0.717, 1.165) is 0 Å². The number of aryl methyl sites for hydroxylation is 1. The van der Waals surface area contributed by atoms with Gasteiger partial charge in [0, 0.05) is 5.92 Å². The molecule has 1 aromatic carbocycles. The fraction of sp³-hybridized carbons (Fsp3) is 0.625. The van der Waals surface area contributed by atoms with Crippen LogP contribution < -0.4 is 0 Å². The van der Waals surface area contributed by atoms with E-state index in [1.54, 1.807) is 0 Å². The maximum Gasteiger partial charge on any atom is 0.163 e. The largest absolute Gasteiger partial charge is 0.508 e. The first-order valence-electron chi connectivity index (χ1n) is 7.26. The number of ether oxygens (including phenoxy) is 2. The summed E-state index contributed by atoms with van der Waals surface area (Å²) in [5.74, 6) is -0.979. The van der Waals surface area contributed by atoms with Crippen molar-refractivity contribution in [3.8, 4) is 5.75 Å². The van der Waals surface area contributed by atoms with Crippen LogP contribution in [-0.2, 0) is 15.9 Å². The highest BCUT2D eigenvalue weighted by molar-refractivity contribution is 5.32. The first-order valence-corrected chi connectivity index (χ1v) is 7.26. The van der Waals surface area contributed by atoms with Crippen molar-refractivity contribution in [1.29, 1.82) is 0 Å². The van der Waals surface area contributed by atoms with Crippen molar-refractivity contribution < 1.29 is 24.1 Å². The van der Waals surface area contributed by atoms with Crippen LogP contribution in [0.1, 0.15) is 32.8 Å². The molecule has 1 saturated heterocycles. The van der Waals surface area contributed by atoms with Gasteiger partial charge in [-0.25, -0.2) is 4.39 Å². The van der Waals surface area contributed by atoms with Crippen LogP contribution in [0, 0.1) is 11.7 Å². The third-order valence-electron chi connectivity index (χ3n) is 3.80. The third kappa shape index (κ3) is 4.15. The second-order valence-electron chi connectivity index (χ2n) is 6.15. The van der Waals surface area contributed by atoms with Gasteiger partial charge in [0.1, 0.15) is 11.6 Å². The lowest BCUT2D eigenvalue weighted by atomic mass is 9.94. The van der Waals surface area contributed by atoms with E-state index in [-0.39, 0.29) is 17.8 Å². The van der Waals surface area contributed by atoms with Gasteiger partial charge in [-0.1, -0.05) is 6.92 Å². The molecule has 2 N–H and O–H groups in total. The predicted octanol–water partition coefficient (Wildman–Crippen LogP) is 2.61. The van der Waals surface area contributed by atoms with E-state index >= 15 is 0 Å². The summed E-state index contributed by atoms with van der Waals surface area (Å²) in [5.41, 5.74) is 0.494. The second-order valence-corrected chi connectivity index (χ2v) is 6.15. The summed E-state index contributed by atoms with van der Waals surface area (Å²) >= 11 is 0. The summed E-state index contributed by atoms with van der Waals surface area (Å²) in [6.07, 6.45) is -0.240. The molecule has 2 rings (SSSR count). The maximum absolute atomic E-state index is 13.2. The Hall–Kier alpha value is -1.17. The van der Waals surface area contributed by atoms with Crippen molar-refractivity contribution in [2.45, 2.75) is 51.6 Å². The molecule has 0 saturated carbocycles. The Bertz CT molecular complexity index is 489. The molecule has 0 spiro atoms. The van der Waals surface area contributed by atoms with Crippen LogP contribution in [0.15, 0.2) is 18.2 Å². The average Bonchev–Trinajstić information content (AvgIpc) is 2.42. The van der Waals surface area contributed by atoms with Gasteiger partial charge in [-0.2, -0.15) is 0 Å². The smallest absolute Gasteiger partial charge is 0.163 e. The normalized spacial score (nSPS) is 26.5. The van der Waals surface area contributed by atoms with E-state index in [4.69, 9.17) is 9.47 Å². The summed E-state index contributed by atoms with van der Waals surface area (Å²) in [5, 5.41) is 20.0. The van der Waals surface area contributed by atoms with Gasteiger partial charge < -0.3 is 19.7 Å². The molecule has 0 bridgehead atoms. The van der Waals surface area contributed by atoms with E-state index in [9.17, 15) is 14.6 Å². The zero-order chi connectivity index (χ0) is 15.6. The van der Waals surface area contributed by atoms with E-state index in [2.05, 4.69) is 0 Å². The minimum atomic E-state index is -0.709. The van der Waals surface area contributed by atoms with Crippen molar-refractivity contribution in [3.05, 3.63) is 29.6 Å². The minimum Gasteiger partial charge on any atom is -0.508 e. The highest BCUT2D eigenvalue weighted by Gasteiger charge is 2.37. The summed E-state index contributed by atoms with van der Waals surface area (Å²) < 4.78 is 24.5. The number of aliphatic hydroxyl groups is 1. The van der Waals surface area contributed by atoms with Crippen LogP contribution in [0.25, 0.3) is 0 Å². The van der Waals surface area contributed by atoms with Gasteiger partial charge in [0.2, 0.25) is 0 Å². The predicted molar refractivity (Wildman–Crippen MR) is 76.5 cm³/mol. The molecule has 0 aliphatic carbocycles. The zero-order valence-corrected chi connectivity index (χ0v) is 12.7. The summed E-state index contributed by atoms with van der Waals surface area (Å²) in [6, 6.07) is 3.83. The molecule has 1 fully saturated rings.